The van der Waals surface area contributed by atoms with Gasteiger partial charge in [0.2, 0.25) is 0 Å². The second kappa shape index (κ2) is 18.0. The predicted octanol–water partition coefficient (Wildman–Crippen LogP) is 7.20. The molecule has 0 radical (unpaired) electrons. The maximum atomic E-state index is 13.4. The number of benzene rings is 2. The summed E-state index contributed by atoms with van der Waals surface area (Å²) < 4.78 is 22.1. The molecule has 3 atom stereocenters. The third kappa shape index (κ3) is 9.98. The Morgan fingerprint density at radius 2 is 1.83 bits per heavy atom. The summed E-state index contributed by atoms with van der Waals surface area (Å²) in [7, 11) is 1.27. The van der Waals surface area contributed by atoms with Crippen molar-refractivity contribution in [2.75, 3.05) is 32.7 Å². The van der Waals surface area contributed by atoms with Crippen LogP contribution in [0.3, 0.4) is 0 Å². The Morgan fingerprint density at radius 3 is 2.54 bits per heavy atom. The molecule has 0 amide bonds. The largest absolute Gasteiger partial charge is 0.468 e. The maximum Gasteiger partial charge on any atom is 0.336 e. The number of unbranched alkanes of at least 4 members (excludes halogenated alkanes) is 2. The van der Waals surface area contributed by atoms with Crippen molar-refractivity contribution in [2.45, 2.75) is 82.3 Å². The molecule has 2 aliphatic rings. The van der Waals surface area contributed by atoms with Crippen LogP contribution in [-0.2, 0) is 35.0 Å². The van der Waals surface area contributed by atoms with Gasteiger partial charge in [0.15, 0.2) is 6.29 Å². The number of methoxy groups -OCH3 is 1. The lowest BCUT2D eigenvalue weighted by atomic mass is 9.75. The Kier molecular flexibility index (Phi) is 13.8. The number of aliphatic imine (C=N–C) groups is 1. The Hall–Kier alpha value is -3.54. The van der Waals surface area contributed by atoms with E-state index in [9.17, 15) is 19.7 Å². The van der Waals surface area contributed by atoms with Gasteiger partial charge in [0, 0.05) is 47.6 Å². The minimum atomic E-state index is -0.906. The van der Waals surface area contributed by atoms with E-state index in [0.29, 0.717) is 23.4 Å². The minimum Gasteiger partial charge on any atom is -0.468 e. The molecule has 0 aromatic heterocycles. The SMILES string of the molecule is COC(=O)C1C(C)=NC(C)=C(C(=O)OCCCCSc2ccc(CCCCOC3CCCCO3)cc2)C1c1cccc([N+](=O)[O-])c1. The first kappa shape index (κ1) is 35.3. The topological polar surface area (TPSA) is 127 Å². The lowest BCUT2D eigenvalue weighted by Gasteiger charge is -2.31. The van der Waals surface area contributed by atoms with Crippen molar-refractivity contribution in [2.24, 2.45) is 10.9 Å². The van der Waals surface area contributed by atoms with E-state index in [1.807, 2.05) is 0 Å². The maximum absolute atomic E-state index is 13.4. The molecule has 2 aliphatic heterocycles. The van der Waals surface area contributed by atoms with Gasteiger partial charge in [-0.3, -0.25) is 19.9 Å². The number of carbonyl (C=O) groups is 2. The monoisotopic (exact) mass is 652 g/mol. The van der Waals surface area contributed by atoms with E-state index in [-0.39, 0.29) is 24.2 Å². The van der Waals surface area contributed by atoms with Gasteiger partial charge in [0.25, 0.3) is 5.69 Å². The molecule has 11 heteroatoms. The van der Waals surface area contributed by atoms with E-state index >= 15 is 0 Å². The van der Waals surface area contributed by atoms with Gasteiger partial charge < -0.3 is 18.9 Å². The Labute approximate surface area is 275 Å². The zero-order chi connectivity index (χ0) is 32.9. The highest BCUT2D eigenvalue weighted by Crippen LogP contribution is 2.41. The quantitative estimate of drug-likeness (QED) is 0.0608. The number of allylic oxidation sites excluding steroid dienone is 1. The highest BCUT2D eigenvalue weighted by atomic mass is 32.2. The average molecular weight is 653 g/mol. The summed E-state index contributed by atoms with van der Waals surface area (Å²) in [6.45, 7) is 5.13. The molecule has 4 rings (SSSR count). The van der Waals surface area contributed by atoms with Crippen LogP contribution in [0, 0.1) is 16.0 Å². The lowest BCUT2D eigenvalue weighted by Crippen LogP contribution is -2.36. The van der Waals surface area contributed by atoms with Crippen LogP contribution in [0.2, 0.25) is 0 Å². The molecule has 0 N–H and O–H groups in total. The average Bonchev–Trinajstić information content (AvgIpc) is 3.06. The molecule has 0 saturated carbocycles. The van der Waals surface area contributed by atoms with Gasteiger partial charge in [-0.2, -0.15) is 0 Å². The Morgan fingerprint density at radius 1 is 1.04 bits per heavy atom. The standard InChI is InChI=1S/C35H44N2O8S/c1-24-31(34(38)42-3)33(27-12-10-13-28(23-27)37(40)41)32(25(2)36-24)35(39)45-21-8-9-22-46-29-17-15-26(16-18-29)11-4-6-19-43-30-14-5-7-20-44-30/h10,12-13,15-18,23,30-31,33H,4-9,11,14,19-22H2,1-3H3. The number of nitro benzene ring substituents is 1. The molecule has 0 spiro atoms. The van der Waals surface area contributed by atoms with Gasteiger partial charge in [-0.1, -0.05) is 24.3 Å². The van der Waals surface area contributed by atoms with Crippen LogP contribution >= 0.6 is 11.8 Å². The van der Waals surface area contributed by atoms with Crippen LogP contribution in [-0.4, -0.2) is 61.5 Å². The van der Waals surface area contributed by atoms with E-state index < -0.39 is 28.7 Å². The first-order valence-electron chi connectivity index (χ1n) is 16.0. The van der Waals surface area contributed by atoms with Crippen LogP contribution in [0.15, 0.2) is 69.7 Å². The number of aryl methyl sites for hydroxylation is 1. The van der Waals surface area contributed by atoms with Crippen LogP contribution in [0.25, 0.3) is 0 Å². The predicted molar refractivity (Wildman–Crippen MR) is 177 cm³/mol. The summed E-state index contributed by atoms with van der Waals surface area (Å²) >= 11 is 1.76. The molecule has 2 heterocycles. The van der Waals surface area contributed by atoms with Gasteiger partial charge in [-0.25, -0.2) is 4.79 Å². The van der Waals surface area contributed by atoms with Gasteiger partial charge in [0.1, 0.15) is 5.92 Å². The van der Waals surface area contributed by atoms with E-state index in [2.05, 4.69) is 29.3 Å². The molecule has 1 fully saturated rings. The second-order valence-electron chi connectivity index (χ2n) is 11.5. The number of nitrogens with zero attached hydrogens (tertiary/aromatic N) is 2. The van der Waals surface area contributed by atoms with Crippen LogP contribution < -0.4 is 0 Å². The molecular formula is C35H44N2O8S. The summed E-state index contributed by atoms with van der Waals surface area (Å²) in [5, 5.41) is 11.5. The van der Waals surface area contributed by atoms with Crippen LogP contribution in [0.1, 0.15) is 75.8 Å². The molecule has 10 nitrogen and oxygen atoms in total. The summed E-state index contributed by atoms with van der Waals surface area (Å²) in [5.74, 6) is -2.01. The molecular weight excluding hydrogens is 608 g/mol. The number of non-ortho nitro benzene ring substituents is 1. The first-order chi connectivity index (χ1) is 22.3. The fourth-order valence-electron chi connectivity index (χ4n) is 5.80. The third-order valence-electron chi connectivity index (χ3n) is 8.21. The fraction of sp³-hybridized carbons (Fsp3) is 0.514. The molecule has 1 saturated heterocycles. The van der Waals surface area contributed by atoms with Crippen molar-refractivity contribution in [3.63, 3.8) is 0 Å². The fourth-order valence-corrected chi connectivity index (χ4v) is 6.72. The molecule has 46 heavy (non-hydrogen) atoms. The van der Waals surface area contributed by atoms with E-state index in [1.54, 1.807) is 31.7 Å². The number of esters is 2. The van der Waals surface area contributed by atoms with Gasteiger partial charge in [-0.15, -0.1) is 11.8 Å². The van der Waals surface area contributed by atoms with E-state index in [1.165, 1.54) is 42.2 Å². The third-order valence-corrected chi connectivity index (χ3v) is 9.31. The second-order valence-corrected chi connectivity index (χ2v) is 12.7. The summed E-state index contributed by atoms with van der Waals surface area (Å²) in [4.78, 5) is 42.8. The first-order valence-corrected chi connectivity index (χ1v) is 17.0. The summed E-state index contributed by atoms with van der Waals surface area (Å²) in [5.41, 5.74) is 2.73. The Bertz CT molecular complexity index is 1400. The van der Waals surface area contributed by atoms with Crippen molar-refractivity contribution in [3.8, 4) is 0 Å². The van der Waals surface area contributed by atoms with Crippen molar-refractivity contribution in [1.29, 1.82) is 0 Å². The van der Waals surface area contributed by atoms with Crippen molar-refractivity contribution in [3.05, 3.63) is 81.0 Å². The molecule has 3 unspecified atom stereocenters. The van der Waals surface area contributed by atoms with Gasteiger partial charge in [-0.05, 0) is 94.2 Å². The smallest absolute Gasteiger partial charge is 0.336 e. The summed E-state index contributed by atoms with van der Waals surface area (Å²) in [6.07, 6.45) is 7.94. The molecule has 248 valence electrons. The van der Waals surface area contributed by atoms with Gasteiger partial charge >= 0.3 is 11.9 Å². The molecule has 0 aliphatic carbocycles. The highest BCUT2D eigenvalue weighted by Gasteiger charge is 2.42. The minimum absolute atomic E-state index is 0.0180. The van der Waals surface area contributed by atoms with Crippen molar-refractivity contribution >= 4 is 35.1 Å². The van der Waals surface area contributed by atoms with E-state index in [0.717, 1.165) is 57.5 Å². The zero-order valence-corrected chi connectivity index (χ0v) is 27.7. The van der Waals surface area contributed by atoms with Crippen molar-refractivity contribution < 1.29 is 33.5 Å². The van der Waals surface area contributed by atoms with E-state index in [4.69, 9.17) is 18.9 Å². The lowest BCUT2D eigenvalue weighted by molar-refractivity contribution is -0.384. The molecule has 2 aromatic rings. The number of rotatable bonds is 16. The van der Waals surface area contributed by atoms with Crippen LogP contribution in [0.5, 0.6) is 0 Å². The molecule has 0 bridgehead atoms. The van der Waals surface area contributed by atoms with Gasteiger partial charge in [0.05, 0.1) is 24.2 Å². The number of hydrogen-bond donors (Lipinski definition) is 0. The zero-order valence-electron chi connectivity index (χ0n) is 26.9. The number of ether oxygens (including phenoxy) is 4. The normalized spacial score (nSPS) is 19.8. The summed E-state index contributed by atoms with van der Waals surface area (Å²) in [6, 6.07) is 14.6. The Balaban J connectivity index is 1.22. The number of hydrogen-bond acceptors (Lipinski definition) is 10. The molecule has 2 aromatic carbocycles. The number of carbonyl (C=O) groups excluding carboxylic acids is 2. The number of thioether (sulfide) groups is 1. The van der Waals surface area contributed by atoms with Crippen LogP contribution in [0.4, 0.5) is 5.69 Å². The number of nitro groups is 1. The van der Waals surface area contributed by atoms with Crippen molar-refractivity contribution in [1.82, 2.24) is 0 Å². The highest BCUT2D eigenvalue weighted by molar-refractivity contribution is 7.99.